The summed E-state index contributed by atoms with van der Waals surface area (Å²) in [6, 6.07) is 6.27. The first kappa shape index (κ1) is 11.3. The second-order valence-electron chi connectivity index (χ2n) is 4.02. The van der Waals surface area contributed by atoms with Crippen LogP contribution in [0.25, 0.3) is 0 Å². The van der Waals surface area contributed by atoms with Crippen LogP contribution in [0, 0.1) is 0 Å². The van der Waals surface area contributed by atoms with Gasteiger partial charge in [0, 0.05) is 26.7 Å². The third-order valence-electron chi connectivity index (χ3n) is 2.79. The van der Waals surface area contributed by atoms with E-state index in [0.29, 0.717) is 6.61 Å². The molecule has 0 radical (unpaired) electrons. The average molecular weight is 221 g/mol. The van der Waals surface area contributed by atoms with Crippen LogP contribution in [0.1, 0.15) is 18.4 Å². The maximum atomic E-state index is 5.76. The second-order valence-corrected chi connectivity index (χ2v) is 4.02. The highest BCUT2D eigenvalue weighted by Gasteiger charge is 2.12. The number of aryl methyl sites for hydroxylation is 1. The molecule has 3 heteroatoms. The molecule has 16 heavy (non-hydrogen) atoms. The van der Waals surface area contributed by atoms with Crippen molar-refractivity contribution in [1.82, 2.24) is 0 Å². The molecule has 1 aliphatic rings. The third kappa shape index (κ3) is 2.67. The van der Waals surface area contributed by atoms with Crippen molar-refractivity contribution < 1.29 is 9.47 Å². The van der Waals surface area contributed by atoms with Gasteiger partial charge in [-0.3, -0.25) is 0 Å². The first-order chi connectivity index (χ1) is 7.92. The Morgan fingerprint density at radius 1 is 1.31 bits per heavy atom. The molecule has 0 amide bonds. The van der Waals surface area contributed by atoms with Crippen LogP contribution >= 0.6 is 0 Å². The van der Waals surface area contributed by atoms with Gasteiger partial charge >= 0.3 is 0 Å². The maximum absolute atomic E-state index is 5.76. The highest BCUT2D eigenvalue weighted by atomic mass is 16.5. The van der Waals surface area contributed by atoms with Gasteiger partial charge in [0.2, 0.25) is 0 Å². The number of nitrogens with one attached hydrogen (secondary N) is 1. The van der Waals surface area contributed by atoms with E-state index in [0.717, 1.165) is 31.7 Å². The maximum Gasteiger partial charge on any atom is 0.142 e. The van der Waals surface area contributed by atoms with E-state index in [9.17, 15) is 0 Å². The highest BCUT2D eigenvalue weighted by Crippen LogP contribution is 2.31. The standard InChI is InChI=1S/C13H19NO2/c1-15-9-4-10-16-12-7-2-5-11-6-3-8-14-13(11)12/h2,5,7,14H,3-4,6,8-10H2,1H3. The number of ether oxygens (including phenoxy) is 2. The SMILES string of the molecule is COCCCOc1cccc2c1NCCC2. The summed E-state index contributed by atoms with van der Waals surface area (Å²) in [7, 11) is 1.71. The molecular formula is C13H19NO2. The van der Waals surface area contributed by atoms with Gasteiger partial charge in [0.25, 0.3) is 0 Å². The Morgan fingerprint density at radius 3 is 3.12 bits per heavy atom. The molecule has 1 aliphatic heterocycles. The molecule has 0 fully saturated rings. The Morgan fingerprint density at radius 2 is 2.25 bits per heavy atom. The molecule has 0 aliphatic carbocycles. The zero-order valence-electron chi connectivity index (χ0n) is 9.79. The Kier molecular flexibility index (Phi) is 4.05. The van der Waals surface area contributed by atoms with Crippen molar-refractivity contribution in [2.75, 3.05) is 32.2 Å². The van der Waals surface area contributed by atoms with Crippen molar-refractivity contribution >= 4 is 5.69 Å². The summed E-state index contributed by atoms with van der Waals surface area (Å²) in [6.45, 7) is 2.51. The van der Waals surface area contributed by atoms with E-state index in [2.05, 4.69) is 17.4 Å². The van der Waals surface area contributed by atoms with Crippen LogP contribution in [0.2, 0.25) is 0 Å². The van der Waals surface area contributed by atoms with Gasteiger partial charge in [0.05, 0.1) is 12.3 Å². The molecule has 1 heterocycles. The van der Waals surface area contributed by atoms with Crippen molar-refractivity contribution in [3.05, 3.63) is 23.8 Å². The molecule has 1 aromatic carbocycles. The van der Waals surface area contributed by atoms with Gasteiger partial charge in [-0.25, -0.2) is 0 Å². The summed E-state index contributed by atoms with van der Waals surface area (Å²) in [5.74, 6) is 0.980. The van der Waals surface area contributed by atoms with Gasteiger partial charge in [0.15, 0.2) is 0 Å². The minimum Gasteiger partial charge on any atom is -0.491 e. The van der Waals surface area contributed by atoms with E-state index in [1.807, 2.05) is 6.07 Å². The number of hydrogen-bond acceptors (Lipinski definition) is 3. The molecule has 0 spiro atoms. The molecule has 1 N–H and O–H groups in total. The summed E-state index contributed by atoms with van der Waals surface area (Å²) in [4.78, 5) is 0. The number of hydrogen-bond donors (Lipinski definition) is 1. The zero-order chi connectivity index (χ0) is 11.2. The van der Waals surface area contributed by atoms with Gasteiger partial charge in [-0.15, -0.1) is 0 Å². The van der Waals surface area contributed by atoms with E-state index in [1.54, 1.807) is 7.11 Å². The van der Waals surface area contributed by atoms with Crippen molar-refractivity contribution in [3.63, 3.8) is 0 Å². The van der Waals surface area contributed by atoms with Crippen molar-refractivity contribution in [2.45, 2.75) is 19.3 Å². The topological polar surface area (TPSA) is 30.5 Å². The normalized spacial score (nSPS) is 14.1. The molecule has 0 saturated carbocycles. The smallest absolute Gasteiger partial charge is 0.142 e. The van der Waals surface area contributed by atoms with E-state index < -0.39 is 0 Å². The molecule has 1 aromatic rings. The fourth-order valence-corrected chi connectivity index (χ4v) is 1.98. The summed E-state index contributed by atoms with van der Waals surface area (Å²) < 4.78 is 10.8. The van der Waals surface area contributed by atoms with Gasteiger partial charge < -0.3 is 14.8 Å². The number of rotatable bonds is 5. The lowest BCUT2D eigenvalue weighted by molar-refractivity contribution is 0.172. The molecular weight excluding hydrogens is 202 g/mol. The van der Waals surface area contributed by atoms with E-state index in [1.165, 1.54) is 17.7 Å². The Labute approximate surface area is 96.8 Å². The van der Waals surface area contributed by atoms with Crippen molar-refractivity contribution in [3.8, 4) is 5.75 Å². The van der Waals surface area contributed by atoms with E-state index in [-0.39, 0.29) is 0 Å². The van der Waals surface area contributed by atoms with Crippen LogP contribution in [0.5, 0.6) is 5.75 Å². The fraction of sp³-hybridized carbons (Fsp3) is 0.538. The zero-order valence-corrected chi connectivity index (χ0v) is 9.79. The van der Waals surface area contributed by atoms with Crippen LogP contribution in [-0.4, -0.2) is 26.9 Å². The van der Waals surface area contributed by atoms with E-state index >= 15 is 0 Å². The van der Waals surface area contributed by atoms with Crippen LogP contribution in [0.3, 0.4) is 0 Å². The summed E-state index contributed by atoms with van der Waals surface area (Å²) >= 11 is 0. The number of para-hydroxylation sites is 1. The largest absolute Gasteiger partial charge is 0.491 e. The molecule has 0 bridgehead atoms. The summed E-state index contributed by atoms with van der Waals surface area (Å²) in [6.07, 6.45) is 3.29. The van der Waals surface area contributed by atoms with Gasteiger partial charge in [-0.05, 0) is 24.5 Å². The van der Waals surface area contributed by atoms with Crippen LogP contribution < -0.4 is 10.1 Å². The minimum absolute atomic E-state index is 0.714. The summed E-state index contributed by atoms with van der Waals surface area (Å²) in [5, 5.41) is 3.42. The lowest BCUT2D eigenvalue weighted by atomic mass is 10.0. The molecule has 0 saturated heterocycles. The molecule has 0 atom stereocenters. The third-order valence-corrected chi connectivity index (χ3v) is 2.79. The van der Waals surface area contributed by atoms with Crippen LogP contribution in [-0.2, 0) is 11.2 Å². The monoisotopic (exact) mass is 221 g/mol. The Bertz CT molecular complexity index is 339. The Hall–Kier alpha value is -1.22. The van der Waals surface area contributed by atoms with Crippen molar-refractivity contribution in [2.24, 2.45) is 0 Å². The lowest BCUT2D eigenvalue weighted by Crippen LogP contribution is -2.13. The van der Waals surface area contributed by atoms with Crippen LogP contribution in [0.4, 0.5) is 5.69 Å². The average Bonchev–Trinajstić information content (AvgIpc) is 2.35. The molecule has 0 unspecified atom stereocenters. The Balaban J connectivity index is 1.97. The second kappa shape index (κ2) is 5.75. The van der Waals surface area contributed by atoms with Gasteiger partial charge in [-0.2, -0.15) is 0 Å². The number of anilines is 1. The lowest BCUT2D eigenvalue weighted by Gasteiger charge is -2.21. The van der Waals surface area contributed by atoms with Crippen LogP contribution in [0.15, 0.2) is 18.2 Å². The predicted octanol–water partition coefficient (Wildman–Crippen LogP) is 2.46. The summed E-state index contributed by atoms with van der Waals surface area (Å²) in [5.41, 5.74) is 2.56. The van der Waals surface area contributed by atoms with Crippen molar-refractivity contribution in [1.29, 1.82) is 0 Å². The number of fused-ring (bicyclic) bond motifs is 1. The minimum atomic E-state index is 0.714. The highest BCUT2D eigenvalue weighted by molar-refractivity contribution is 5.63. The quantitative estimate of drug-likeness (QED) is 0.775. The van der Waals surface area contributed by atoms with E-state index in [4.69, 9.17) is 9.47 Å². The first-order valence-electron chi connectivity index (χ1n) is 5.89. The number of benzene rings is 1. The number of methoxy groups -OCH3 is 1. The first-order valence-corrected chi connectivity index (χ1v) is 5.89. The van der Waals surface area contributed by atoms with Gasteiger partial charge in [0.1, 0.15) is 5.75 Å². The van der Waals surface area contributed by atoms with Gasteiger partial charge in [-0.1, -0.05) is 12.1 Å². The molecule has 88 valence electrons. The fourth-order valence-electron chi connectivity index (χ4n) is 1.98. The molecule has 0 aromatic heterocycles. The molecule has 3 nitrogen and oxygen atoms in total. The molecule has 2 rings (SSSR count). The predicted molar refractivity (Wildman–Crippen MR) is 65.2 cm³/mol.